The number of hydrogen-bond acceptors (Lipinski definition) is 3. The highest BCUT2D eigenvalue weighted by molar-refractivity contribution is 9.10. The molecular weight excluding hydrogens is 268 g/mol. The second-order valence-electron chi connectivity index (χ2n) is 4.14. The number of halogens is 1. The van der Waals surface area contributed by atoms with Gasteiger partial charge < -0.3 is 4.90 Å². The number of rotatable bonds is 2. The molecule has 1 aromatic heterocycles. The van der Waals surface area contributed by atoms with Crippen LogP contribution in [0.15, 0.2) is 22.9 Å². The van der Waals surface area contributed by atoms with E-state index in [0.29, 0.717) is 0 Å². The first-order chi connectivity index (χ1) is 7.70. The largest absolute Gasteiger partial charge is 0.360 e. The Morgan fingerprint density at radius 2 is 2.38 bits per heavy atom. The highest BCUT2D eigenvalue weighted by Crippen LogP contribution is 2.30. The van der Waals surface area contributed by atoms with Crippen LogP contribution in [0.25, 0.3) is 0 Å². The summed E-state index contributed by atoms with van der Waals surface area (Å²) in [4.78, 5) is 17.9. The minimum atomic E-state index is 0.0347. The summed E-state index contributed by atoms with van der Waals surface area (Å²) >= 11 is 3.49. The fourth-order valence-corrected chi connectivity index (χ4v) is 2.72. The van der Waals surface area contributed by atoms with Crippen LogP contribution in [-0.4, -0.2) is 23.4 Å². The van der Waals surface area contributed by atoms with Crippen LogP contribution < -0.4 is 4.90 Å². The van der Waals surface area contributed by atoms with Crippen molar-refractivity contribution in [1.82, 2.24) is 4.98 Å². The molecule has 0 amide bonds. The third-order valence-electron chi connectivity index (χ3n) is 3.03. The Kier molecular flexibility index (Phi) is 3.59. The van der Waals surface area contributed by atoms with Crippen molar-refractivity contribution in [2.24, 2.45) is 0 Å². The van der Waals surface area contributed by atoms with E-state index in [0.717, 1.165) is 36.0 Å². The van der Waals surface area contributed by atoms with Gasteiger partial charge in [0, 0.05) is 18.9 Å². The lowest BCUT2D eigenvalue weighted by molar-refractivity contribution is -0.118. The Bertz CT molecular complexity index is 394. The summed E-state index contributed by atoms with van der Waals surface area (Å²) in [6.45, 7) is 2.63. The molecule has 1 aromatic rings. The smallest absolute Gasteiger partial charge is 0.152 e. The van der Waals surface area contributed by atoms with E-state index in [1.165, 1.54) is 0 Å². The molecule has 2 heterocycles. The molecule has 0 bridgehead atoms. The Labute approximate surface area is 104 Å². The van der Waals surface area contributed by atoms with Gasteiger partial charge >= 0.3 is 0 Å². The molecule has 1 saturated heterocycles. The van der Waals surface area contributed by atoms with Crippen molar-refractivity contribution in [3.05, 3.63) is 22.9 Å². The van der Waals surface area contributed by atoms with Crippen LogP contribution in [0.2, 0.25) is 0 Å². The number of hydrogen-bond donors (Lipinski definition) is 0. The van der Waals surface area contributed by atoms with Gasteiger partial charge in [0.25, 0.3) is 0 Å². The third-order valence-corrected chi connectivity index (χ3v) is 3.64. The van der Waals surface area contributed by atoms with Crippen LogP contribution in [0.5, 0.6) is 0 Å². The summed E-state index contributed by atoms with van der Waals surface area (Å²) in [6.07, 6.45) is 6.80. The maximum Gasteiger partial charge on any atom is 0.152 e. The van der Waals surface area contributed by atoms with E-state index in [4.69, 9.17) is 0 Å². The van der Waals surface area contributed by atoms with Crippen LogP contribution in [0.3, 0.4) is 0 Å². The molecule has 2 rings (SSSR count). The van der Waals surface area contributed by atoms with Crippen molar-refractivity contribution in [1.29, 1.82) is 0 Å². The lowest BCUT2D eigenvalue weighted by Crippen LogP contribution is -2.44. The topological polar surface area (TPSA) is 33.2 Å². The van der Waals surface area contributed by atoms with Gasteiger partial charge in [-0.3, -0.25) is 9.78 Å². The quantitative estimate of drug-likeness (QED) is 0.836. The number of nitrogens with zero attached hydrogens (tertiary/aromatic N) is 2. The van der Waals surface area contributed by atoms with E-state index < -0.39 is 0 Å². The molecular formula is C12H15BrN2O. The number of anilines is 1. The van der Waals surface area contributed by atoms with E-state index in [1.54, 1.807) is 19.3 Å². The molecule has 1 unspecified atom stereocenters. The molecule has 1 aliphatic heterocycles. The summed E-state index contributed by atoms with van der Waals surface area (Å²) in [5.74, 6) is 0.253. The van der Waals surface area contributed by atoms with E-state index in [2.05, 4.69) is 25.8 Å². The number of piperidine rings is 1. The maximum atomic E-state index is 11.6. The summed E-state index contributed by atoms with van der Waals surface area (Å²) < 4.78 is 0.961. The van der Waals surface area contributed by atoms with Gasteiger partial charge in [-0.2, -0.15) is 0 Å². The molecule has 0 aromatic carbocycles. The molecule has 0 saturated carbocycles. The van der Waals surface area contributed by atoms with Gasteiger partial charge in [-0.25, -0.2) is 0 Å². The maximum absolute atomic E-state index is 11.6. The van der Waals surface area contributed by atoms with E-state index >= 15 is 0 Å². The zero-order chi connectivity index (χ0) is 11.5. The van der Waals surface area contributed by atoms with Crippen molar-refractivity contribution in [3.63, 3.8) is 0 Å². The second kappa shape index (κ2) is 4.95. The minimum Gasteiger partial charge on any atom is -0.360 e. The molecule has 0 aliphatic carbocycles. The van der Waals surface area contributed by atoms with Gasteiger partial charge in [-0.1, -0.05) is 0 Å². The first-order valence-corrected chi connectivity index (χ1v) is 6.36. The van der Waals surface area contributed by atoms with Crippen molar-refractivity contribution >= 4 is 27.4 Å². The lowest BCUT2D eigenvalue weighted by atomic mass is 9.98. The number of Topliss-reactive ketones (excluding diaryl/α,β-unsaturated/α-hetero) is 1. The monoisotopic (exact) mass is 282 g/mol. The van der Waals surface area contributed by atoms with E-state index in [1.807, 2.05) is 6.07 Å². The molecule has 0 spiro atoms. The van der Waals surface area contributed by atoms with Crippen LogP contribution in [-0.2, 0) is 4.79 Å². The standard InChI is InChI=1S/C12H15BrN2O/c1-9(16)11-4-2-3-7-15(11)12-5-6-14-8-10(12)13/h5-6,8,11H,2-4,7H2,1H3. The SMILES string of the molecule is CC(=O)C1CCCCN1c1ccncc1Br. The Morgan fingerprint density at radius 3 is 3.06 bits per heavy atom. The predicted molar refractivity (Wildman–Crippen MR) is 67.6 cm³/mol. The van der Waals surface area contributed by atoms with Gasteiger partial charge in [0.15, 0.2) is 5.78 Å². The molecule has 1 atom stereocenters. The Hall–Kier alpha value is -0.900. The number of ketones is 1. The fourth-order valence-electron chi connectivity index (χ4n) is 2.24. The van der Waals surface area contributed by atoms with Gasteiger partial charge in [0.2, 0.25) is 0 Å². The van der Waals surface area contributed by atoms with Crippen LogP contribution in [0.1, 0.15) is 26.2 Å². The van der Waals surface area contributed by atoms with Gasteiger partial charge in [0.1, 0.15) is 0 Å². The molecule has 1 aliphatic rings. The minimum absolute atomic E-state index is 0.0347. The molecule has 0 N–H and O–H groups in total. The van der Waals surface area contributed by atoms with Crippen molar-refractivity contribution in [2.45, 2.75) is 32.2 Å². The molecule has 16 heavy (non-hydrogen) atoms. The average molecular weight is 283 g/mol. The number of carbonyl (C=O) groups is 1. The van der Waals surface area contributed by atoms with Crippen LogP contribution in [0, 0.1) is 0 Å². The molecule has 1 fully saturated rings. The third kappa shape index (κ3) is 2.26. The highest BCUT2D eigenvalue weighted by atomic mass is 79.9. The normalized spacial score (nSPS) is 20.9. The first kappa shape index (κ1) is 11.6. The van der Waals surface area contributed by atoms with Crippen molar-refractivity contribution < 1.29 is 4.79 Å². The van der Waals surface area contributed by atoms with E-state index in [9.17, 15) is 4.79 Å². The molecule has 0 radical (unpaired) electrons. The van der Waals surface area contributed by atoms with E-state index in [-0.39, 0.29) is 11.8 Å². The zero-order valence-electron chi connectivity index (χ0n) is 9.32. The summed E-state index contributed by atoms with van der Waals surface area (Å²) in [5.41, 5.74) is 1.08. The van der Waals surface area contributed by atoms with Gasteiger partial charge in [0.05, 0.1) is 16.2 Å². The summed E-state index contributed by atoms with van der Waals surface area (Å²) in [5, 5.41) is 0. The summed E-state index contributed by atoms with van der Waals surface area (Å²) in [7, 11) is 0. The molecule has 4 heteroatoms. The summed E-state index contributed by atoms with van der Waals surface area (Å²) in [6, 6.07) is 2.00. The van der Waals surface area contributed by atoms with Crippen molar-refractivity contribution in [2.75, 3.05) is 11.4 Å². The Morgan fingerprint density at radius 1 is 1.56 bits per heavy atom. The number of carbonyl (C=O) groups excluding carboxylic acids is 1. The van der Waals surface area contributed by atoms with Gasteiger partial charge in [-0.15, -0.1) is 0 Å². The number of aromatic nitrogens is 1. The predicted octanol–water partition coefficient (Wildman–Crippen LogP) is 2.79. The van der Waals surface area contributed by atoms with Crippen LogP contribution >= 0.6 is 15.9 Å². The molecule has 86 valence electrons. The highest BCUT2D eigenvalue weighted by Gasteiger charge is 2.27. The lowest BCUT2D eigenvalue weighted by Gasteiger charge is -2.36. The van der Waals surface area contributed by atoms with Crippen LogP contribution in [0.4, 0.5) is 5.69 Å². The number of pyridine rings is 1. The second-order valence-corrected chi connectivity index (χ2v) is 5.00. The Balaban J connectivity index is 2.30. The first-order valence-electron chi connectivity index (χ1n) is 5.57. The average Bonchev–Trinajstić information content (AvgIpc) is 2.29. The van der Waals surface area contributed by atoms with Crippen molar-refractivity contribution in [3.8, 4) is 0 Å². The molecule has 3 nitrogen and oxygen atoms in total. The zero-order valence-corrected chi connectivity index (χ0v) is 10.9. The fraction of sp³-hybridized carbons (Fsp3) is 0.500. The van der Waals surface area contributed by atoms with Gasteiger partial charge in [-0.05, 0) is 48.2 Å².